The maximum atomic E-state index is 13.6. The number of nitrogens with zero attached hydrogens (tertiary/aromatic N) is 4. The predicted octanol–water partition coefficient (Wildman–Crippen LogP) is 1.48. The maximum Gasteiger partial charge on any atom is 0.191 e. The van der Waals surface area contributed by atoms with E-state index in [9.17, 15) is 4.39 Å². The molecule has 1 aromatic heterocycles. The molecule has 2 aromatic rings. The molecule has 2 rings (SSSR count). The van der Waals surface area contributed by atoms with Crippen LogP contribution in [0.25, 0.3) is 0 Å². The number of guanidine groups is 1. The lowest BCUT2D eigenvalue weighted by molar-refractivity contribution is 0.214. The van der Waals surface area contributed by atoms with Crippen molar-refractivity contribution in [1.82, 2.24) is 25.4 Å². The highest BCUT2D eigenvalue weighted by atomic mass is 19.1. The number of aromatic nitrogens is 3. The number of rotatable bonds is 7. The molecule has 0 saturated carbocycles. The van der Waals surface area contributed by atoms with E-state index in [1.807, 2.05) is 20.9 Å². The van der Waals surface area contributed by atoms with Gasteiger partial charge in [-0.05, 0) is 26.0 Å². The highest BCUT2D eigenvalue weighted by Gasteiger charge is 2.09. The third-order valence-electron chi connectivity index (χ3n) is 3.25. The predicted molar refractivity (Wildman–Crippen MR) is 90.3 cm³/mol. The minimum Gasteiger partial charge on any atom is -0.486 e. The Bertz CT molecular complexity index is 672. The standard InChI is InChI=1S/C16H23FN6O/c1-4-18-16(20-10-15-21-11-22-23(15)3)19-9-12(2)24-14-8-6-5-7-13(14)17/h5-8,11-12H,4,9-10H2,1-3H3,(H2,18,19,20). The van der Waals surface area contributed by atoms with Gasteiger partial charge in [0.05, 0.1) is 6.54 Å². The first-order valence-electron chi connectivity index (χ1n) is 7.86. The molecule has 0 spiro atoms. The van der Waals surface area contributed by atoms with Crippen LogP contribution in [0.1, 0.15) is 19.7 Å². The van der Waals surface area contributed by atoms with Crippen LogP contribution in [0.15, 0.2) is 35.6 Å². The van der Waals surface area contributed by atoms with Crippen LogP contribution in [0, 0.1) is 5.82 Å². The zero-order valence-corrected chi connectivity index (χ0v) is 14.2. The van der Waals surface area contributed by atoms with Crippen LogP contribution in [-0.2, 0) is 13.6 Å². The number of nitrogens with one attached hydrogen (secondary N) is 2. The first-order valence-corrected chi connectivity index (χ1v) is 7.86. The minimum atomic E-state index is -0.368. The van der Waals surface area contributed by atoms with E-state index < -0.39 is 0 Å². The minimum absolute atomic E-state index is 0.222. The smallest absolute Gasteiger partial charge is 0.191 e. The van der Waals surface area contributed by atoms with Crippen molar-refractivity contribution in [2.24, 2.45) is 12.0 Å². The van der Waals surface area contributed by atoms with Crippen LogP contribution in [0.2, 0.25) is 0 Å². The highest BCUT2D eigenvalue weighted by molar-refractivity contribution is 5.79. The molecule has 0 aliphatic carbocycles. The molecule has 2 N–H and O–H groups in total. The van der Waals surface area contributed by atoms with Crippen molar-refractivity contribution in [1.29, 1.82) is 0 Å². The van der Waals surface area contributed by atoms with Crippen LogP contribution < -0.4 is 15.4 Å². The summed E-state index contributed by atoms with van der Waals surface area (Å²) in [7, 11) is 1.82. The quantitative estimate of drug-likeness (QED) is 0.592. The normalized spacial score (nSPS) is 12.8. The van der Waals surface area contributed by atoms with Crippen molar-refractivity contribution in [3.05, 3.63) is 42.2 Å². The average molecular weight is 334 g/mol. The topological polar surface area (TPSA) is 76.4 Å². The van der Waals surface area contributed by atoms with Gasteiger partial charge < -0.3 is 15.4 Å². The summed E-state index contributed by atoms with van der Waals surface area (Å²) in [4.78, 5) is 8.59. The molecular formula is C16H23FN6O. The van der Waals surface area contributed by atoms with Crippen molar-refractivity contribution in [2.45, 2.75) is 26.5 Å². The van der Waals surface area contributed by atoms with E-state index in [2.05, 4.69) is 25.7 Å². The van der Waals surface area contributed by atoms with Gasteiger partial charge in [-0.3, -0.25) is 4.68 Å². The molecule has 0 bridgehead atoms. The Morgan fingerprint density at radius 1 is 1.38 bits per heavy atom. The summed E-state index contributed by atoms with van der Waals surface area (Å²) in [6, 6.07) is 6.36. The number of ether oxygens (including phenoxy) is 1. The fourth-order valence-corrected chi connectivity index (χ4v) is 1.99. The van der Waals surface area contributed by atoms with E-state index in [0.717, 1.165) is 12.4 Å². The molecule has 8 heteroatoms. The number of halogens is 1. The third-order valence-corrected chi connectivity index (χ3v) is 3.25. The molecule has 0 radical (unpaired) electrons. The average Bonchev–Trinajstić information content (AvgIpc) is 2.97. The molecule has 24 heavy (non-hydrogen) atoms. The van der Waals surface area contributed by atoms with Crippen LogP contribution >= 0.6 is 0 Å². The second kappa shape index (κ2) is 8.85. The monoisotopic (exact) mass is 334 g/mol. The Hall–Kier alpha value is -2.64. The second-order valence-corrected chi connectivity index (χ2v) is 5.23. The summed E-state index contributed by atoms with van der Waals surface area (Å²) < 4.78 is 20.9. The van der Waals surface area contributed by atoms with Crippen LogP contribution in [0.3, 0.4) is 0 Å². The third kappa shape index (κ3) is 5.22. The Morgan fingerprint density at radius 3 is 2.83 bits per heavy atom. The SMILES string of the molecule is CCNC(=NCc1ncnn1C)NCC(C)Oc1ccccc1F. The summed E-state index contributed by atoms with van der Waals surface area (Å²) in [5, 5.41) is 10.3. The Morgan fingerprint density at radius 2 is 2.17 bits per heavy atom. The van der Waals surface area contributed by atoms with Gasteiger partial charge in [0.25, 0.3) is 0 Å². The number of hydrogen-bond acceptors (Lipinski definition) is 4. The van der Waals surface area contributed by atoms with E-state index >= 15 is 0 Å². The number of benzene rings is 1. The van der Waals surface area contributed by atoms with Gasteiger partial charge >= 0.3 is 0 Å². The molecule has 1 heterocycles. The maximum absolute atomic E-state index is 13.6. The molecular weight excluding hydrogens is 311 g/mol. The van der Waals surface area contributed by atoms with Crippen LogP contribution in [0.5, 0.6) is 5.75 Å². The van der Waals surface area contributed by atoms with E-state index in [-0.39, 0.29) is 17.7 Å². The van der Waals surface area contributed by atoms with Gasteiger partial charge in [0, 0.05) is 13.6 Å². The lowest BCUT2D eigenvalue weighted by Gasteiger charge is -2.18. The highest BCUT2D eigenvalue weighted by Crippen LogP contribution is 2.16. The van der Waals surface area contributed by atoms with Gasteiger partial charge in [-0.25, -0.2) is 14.4 Å². The molecule has 130 valence electrons. The summed E-state index contributed by atoms with van der Waals surface area (Å²) in [6.07, 6.45) is 1.27. The molecule has 0 amide bonds. The number of aliphatic imine (C=N–C) groups is 1. The molecule has 1 aromatic carbocycles. The van der Waals surface area contributed by atoms with Crippen molar-refractivity contribution in [3.63, 3.8) is 0 Å². The van der Waals surface area contributed by atoms with Gasteiger partial charge in [-0.1, -0.05) is 12.1 Å². The van der Waals surface area contributed by atoms with Gasteiger partial charge in [-0.15, -0.1) is 0 Å². The molecule has 0 fully saturated rings. The summed E-state index contributed by atoms with van der Waals surface area (Å²) in [5.74, 6) is 1.28. The van der Waals surface area contributed by atoms with E-state index in [1.165, 1.54) is 12.4 Å². The van der Waals surface area contributed by atoms with Gasteiger partial charge in [-0.2, -0.15) is 5.10 Å². The van der Waals surface area contributed by atoms with Crippen LogP contribution in [0.4, 0.5) is 4.39 Å². The lowest BCUT2D eigenvalue weighted by Crippen LogP contribution is -2.41. The number of para-hydroxylation sites is 1. The number of hydrogen-bond donors (Lipinski definition) is 2. The van der Waals surface area contributed by atoms with Crippen molar-refractivity contribution in [2.75, 3.05) is 13.1 Å². The van der Waals surface area contributed by atoms with Crippen molar-refractivity contribution >= 4 is 5.96 Å². The largest absolute Gasteiger partial charge is 0.486 e. The Kier molecular flexibility index (Phi) is 6.53. The molecule has 1 atom stereocenters. The van der Waals surface area contributed by atoms with Crippen LogP contribution in [-0.4, -0.2) is 39.9 Å². The van der Waals surface area contributed by atoms with Crippen molar-refractivity contribution < 1.29 is 9.13 Å². The molecule has 0 aliphatic heterocycles. The summed E-state index contributed by atoms with van der Waals surface area (Å²) in [5.41, 5.74) is 0. The second-order valence-electron chi connectivity index (χ2n) is 5.23. The molecule has 1 unspecified atom stereocenters. The fourth-order valence-electron chi connectivity index (χ4n) is 1.99. The first kappa shape index (κ1) is 17.7. The summed E-state index contributed by atoms with van der Waals surface area (Å²) in [6.45, 7) is 5.48. The van der Waals surface area contributed by atoms with E-state index in [4.69, 9.17) is 4.74 Å². The fraction of sp³-hybridized carbons (Fsp3) is 0.438. The van der Waals surface area contributed by atoms with Gasteiger partial charge in [0.1, 0.15) is 24.8 Å². The van der Waals surface area contributed by atoms with Crippen molar-refractivity contribution in [3.8, 4) is 5.75 Å². The van der Waals surface area contributed by atoms with Gasteiger partial charge in [0.15, 0.2) is 17.5 Å². The molecule has 0 aliphatic rings. The zero-order chi connectivity index (χ0) is 17.4. The molecule has 0 saturated heterocycles. The number of aryl methyl sites for hydroxylation is 1. The lowest BCUT2D eigenvalue weighted by atomic mass is 10.3. The Labute approximate surface area is 141 Å². The molecule has 7 nitrogen and oxygen atoms in total. The van der Waals surface area contributed by atoms with Gasteiger partial charge in [0.2, 0.25) is 0 Å². The van der Waals surface area contributed by atoms with E-state index in [0.29, 0.717) is 19.0 Å². The zero-order valence-electron chi connectivity index (χ0n) is 14.2. The first-order chi connectivity index (χ1) is 11.6. The Balaban J connectivity index is 1.88. The summed E-state index contributed by atoms with van der Waals surface area (Å²) >= 11 is 0. The van der Waals surface area contributed by atoms with E-state index in [1.54, 1.807) is 22.9 Å².